The largest absolute Gasteiger partial charge is 0.508 e. The molecule has 1 aromatic heterocycles. The second-order valence-electron chi connectivity index (χ2n) is 5.29. The molecule has 7 heteroatoms. The van der Waals surface area contributed by atoms with Crippen molar-refractivity contribution in [1.29, 1.82) is 0 Å². The fraction of sp³-hybridized carbons (Fsp3) is 0.412. The first-order chi connectivity index (χ1) is 11.7. The third kappa shape index (κ3) is 5.49. The third-order valence-corrected chi connectivity index (χ3v) is 3.62. The van der Waals surface area contributed by atoms with Crippen LogP contribution in [0.5, 0.6) is 11.5 Å². The first-order valence-electron chi connectivity index (χ1n) is 8.00. The zero-order valence-corrected chi connectivity index (χ0v) is 14.2. The van der Waals surface area contributed by atoms with Crippen molar-refractivity contribution in [3.05, 3.63) is 42.2 Å². The Morgan fingerprint density at radius 1 is 1.33 bits per heavy atom. The van der Waals surface area contributed by atoms with Gasteiger partial charge < -0.3 is 20.5 Å². The maximum Gasteiger partial charge on any atom is 0.190 e. The molecule has 24 heavy (non-hydrogen) atoms. The van der Waals surface area contributed by atoms with E-state index in [1.165, 1.54) is 0 Å². The van der Waals surface area contributed by atoms with Crippen molar-refractivity contribution in [1.82, 2.24) is 20.4 Å². The Hall–Kier alpha value is -2.70. The molecule has 130 valence electrons. The molecule has 0 bridgehead atoms. The molecule has 1 aromatic carbocycles. The minimum Gasteiger partial charge on any atom is -0.508 e. The number of aromatic hydroxyl groups is 1. The molecule has 0 aliphatic rings. The lowest BCUT2D eigenvalue weighted by Crippen LogP contribution is -2.39. The summed E-state index contributed by atoms with van der Waals surface area (Å²) in [6, 6.07) is 7.26. The molecule has 0 spiro atoms. The van der Waals surface area contributed by atoms with Gasteiger partial charge in [0.2, 0.25) is 0 Å². The molecule has 0 saturated carbocycles. The highest BCUT2D eigenvalue weighted by molar-refractivity contribution is 5.79. The summed E-state index contributed by atoms with van der Waals surface area (Å²) in [6.07, 6.45) is 5.39. The molecule has 1 heterocycles. The van der Waals surface area contributed by atoms with Gasteiger partial charge in [-0.05, 0) is 30.5 Å². The van der Waals surface area contributed by atoms with Gasteiger partial charge in [0.1, 0.15) is 11.5 Å². The molecular weight excluding hydrogens is 306 g/mol. The van der Waals surface area contributed by atoms with Gasteiger partial charge in [-0.2, -0.15) is 5.10 Å². The van der Waals surface area contributed by atoms with Gasteiger partial charge in [-0.1, -0.05) is 6.07 Å². The monoisotopic (exact) mass is 331 g/mol. The van der Waals surface area contributed by atoms with Gasteiger partial charge in [0.05, 0.1) is 7.11 Å². The molecule has 0 atom stereocenters. The van der Waals surface area contributed by atoms with Crippen LogP contribution in [-0.2, 0) is 13.0 Å². The highest BCUT2D eigenvalue weighted by Gasteiger charge is 2.04. The molecule has 7 nitrogen and oxygen atoms in total. The van der Waals surface area contributed by atoms with Crippen LogP contribution >= 0.6 is 0 Å². The molecular formula is C17H25N5O2. The Labute approximate surface area is 142 Å². The van der Waals surface area contributed by atoms with Crippen LogP contribution in [0.4, 0.5) is 0 Å². The lowest BCUT2D eigenvalue weighted by Gasteiger charge is -2.12. The number of aromatic nitrogens is 2. The van der Waals surface area contributed by atoms with Gasteiger partial charge in [0.15, 0.2) is 5.96 Å². The number of ether oxygens (including phenoxy) is 1. The molecule has 0 fully saturated rings. The first-order valence-corrected chi connectivity index (χ1v) is 8.00. The van der Waals surface area contributed by atoms with Crippen LogP contribution in [0.1, 0.15) is 12.0 Å². The Morgan fingerprint density at radius 3 is 2.83 bits per heavy atom. The second-order valence-corrected chi connectivity index (χ2v) is 5.29. The molecule has 0 aliphatic carbocycles. The van der Waals surface area contributed by atoms with Crippen molar-refractivity contribution in [2.24, 2.45) is 4.99 Å². The number of hydrogen-bond donors (Lipinski definition) is 3. The first kappa shape index (κ1) is 17.7. The number of phenols is 1. The van der Waals surface area contributed by atoms with Gasteiger partial charge in [-0.15, -0.1) is 0 Å². The van der Waals surface area contributed by atoms with E-state index in [1.54, 1.807) is 26.4 Å². The number of guanidine groups is 1. The van der Waals surface area contributed by atoms with E-state index >= 15 is 0 Å². The van der Waals surface area contributed by atoms with E-state index in [1.807, 2.05) is 29.1 Å². The fourth-order valence-electron chi connectivity index (χ4n) is 2.30. The summed E-state index contributed by atoms with van der Waals surface area (Å²) >= 11 is 0. The number of methoxy groups -OCH3 is 1. The topological polar surface area (TPSA) is 83.7 Å². The second kappa shape index (κ2) is 9.44. The van der Waals surface area contributed by atoms with Crippen molar-refractivity contribution in [3.8, 4) is 11.5 Å². The van der Waals surface area contributed by atoms with E-state index in [9.17, 15) is 5.11 Å². The minimum absolute atomic E-state index is 0.248. The van der Waals surface area contributed by atoms with Gasteiger partial charge in [0, 0.05) is 45.1 Å². The van der Waals surface area contributed by atoms with Crippen LogP contribution < -0.4 is 15.4 Å². The normalized spacial score (nSPS) is 11.3. The summed E-state index contributed by atoms with van der Waals surface area (Å²) in [7, 11) is 3.33. The lowest BCUT2D eigenvalue weighted by molar-refractivity contribution is 0.406. The number of nitrogens with one attached hydrogen (secondary N) is 2. The molecule has 0 unspecified atom stereocenters. The van der Waals surface area contributed by atoms with Crippen molar-refractivity contribution in [3.63, 3.8) is 0 Å². The summed E-state index contributed by atoms with van der Waals surface area (Å²) in [5.41, 5.74) is 0.873. The lowest BCUT2D eigenvalue weighted by atomic mass is 10.1. The smallest absolute Gasteiger partial charge is 0.190 e. The minimum atomic E-state index is 0.248. The molecule has 0 amide bonds. The molecule has 0 saturated heterocycles. The van der Waals surface area contributed by atoms with Gasteiger partial charge in [-0.3, -0.25) is 9.67 Å². The predicted octanol–water partition coefficient (Wildman–Crippen LogP) is 1.40. The summed E-state index contributed by atoms with van der Waals surface area (Å²) in [5, 5.41) is 20.6. The summed E-state index contributed by atoms with van der Waals surface area (Å²) in [5.74, 6) is 1.65. The van der Waals surface area contributed by atoms with E-state index in [2.05, 4.69) is 20.7 Å². The van der Waals surface area contributed by atoms with Crippen molar-refractivity contribution >= 4 is 5.96 Å². The number of rotatable bonds is 8. The summed E-state index contributed by atoms with van der Waals surface area (Å²) in [4.78, 5) is 4.19. The SMILES string of the molecule is CN=C(NCCCn1cccn1)NCCc1ccc(OC)cc1O. The Morgan fingerprint density at radius 2 is 2.17 bits per heavy atom. The van der Waals surface area contributed by atoms with E-state index in [-0.39, 0.29) is 5.75 Å². The van der Waals surface area contributed by atoms with Crippen molar-refractivity contribution in [2.75, 3.05) is 27.2 Å². The van der Waals surface area contributed by atoms with Gasteiger partial charge in [0.25, 0.3) is 0 Å². The average molecular weight is 331 g/mol. The van der Waals surface area contributed by atoms with Crippen molar-refractivity contribution < 1.29 is 9.84 Å². The maximum absolute atomic E-state index is 9.95. The van der Waals surface area contributed by atoms with Crippen molar-refractivity contribution in [2.45, 2.75) is 19.4 Å². The standard InChI is InChI=1S/C17H25N5O2/c1-18-17(19-8-3-11-22-12-4-9-21-22)20-10-7-14-5-6-15(24-2)13-16(14)23/h4-6,9,12-13,23H,3,7-8,10-11H2,1-2H3,(H2,18,19,20). The number of aliphatic imine (C=N–C) groups is 1. The van der Waals surface area contributed by atoms with Gasteiger partial charge >= 0.3 is 0 Å². The average Bonchev–Trinajstić information content (AvgIpc) is 3.11. The van der Waals surface area contributed by atoms with Crippen LogP contribution in [0.25, 0.3) is 0 Å². The highest BCUT2D eigenvalue weighted by atomic mass is 16.5. The maximum atomic E-state index is 9.95. The molecule has 2 rings (SSSR count). The Kier molecular flexibility index (Phi) is 6.94. The van der Waals surface area contributed by atoms with E-state index in [0.29, 0.717) is 18.7 Å². The van der Waals surface area contributed by atoms with Gasteiger partial charge in [-0.25, -0.2) is 0 Å². The van der Waals surface area contributed by atoms with E-state index in [4.69, 9.17) is 4.74 Å². The number of aryl methyl sites for hydroxylation is 1. The van der Waals surface area contributed by atoms with Crippen LogP contribution in [0.3, 0.4) is 0 Å². The number of nitrogens with zero attached hydrogens (tertiary/aromatic N) is 3. The predicted molar refractivity (Wildman–Crippen MR) is 94.6 cm³/mol. The number of phenolic OH excluding ortho intramolecular Hbond substituents is 1. The van der Waals surface area contributed by atoms with E-state index < -0.39 is 0 Å². The highest BCUT2D eigenvalue weighted by Crippen LogP contribution is 2.23. The number of benzene rings is 1. The molecule has 3 N–H and O–H groups in total. The van der Waals surface area contributed by atoms with Crippen LogP contribution in [0.2, 0.25) is 0 Å². The zero-order valence-electron chi connectivity index (χ0n) is 14.2. The third-order valence-electron chi connectivity index (χ3n) is 3.62. The molecule has 0 radical (unpaired) electrons. The van der Waals surface area contributed by atoms with Crippen LogP contribution in [0.15, 0.2) is 41.7 Å². The molecule has 2 aromatic rings. The van der Waals surface area contributed by atoms with Crippen LogP contribution in [0, 0.1) is 0 Å². The Balaban J connectivity index is 1.67. The number of hydrogen-bond acceptors (Lipinski definition) is 4. The zero-order chi connectivity index (χ0) is 17.2. The quantitative estimate of drug-likeness (QED) is 0.387. The fourth-order valence-corrected chi connectivity index (χ4v) is 2.30. The summed E-state index contributed by atoms with van der Waals surface area (Å²) < 4.78 is 6.99. The molecule has 0 aliphatic heterocycles. The summed E-state index contributed by atoms with van der Waals surface area (Å²) in [6.45, 7) is 2.36. The van der Waals surface area contributed by atoms with Crippen LogP contribution in [-0.4, -0.2) is 48.1 Å². The van der Waals surface area contributed by atoms with E-state index in [0.717, 1.165) is 31.0 Å². The Bertz CT molecular complexity index is 640.